The first kappa shape index (κ1) is 15.2. The summed E-state index contributed by atoms with van der Waals surface area (Å²) < 4.78 is 10.9. The Bertz CT molecular complexity index is 681. The highest BCUT2D eigenvalue weighted by Gasteiger charge is 2.43. The summed E-state index contributed by atoms with van der Waals surface area (Å²) in [7, 11) is 0. The van der Waals surface area contributed by atoms with Crippen molar-refractivity contribution in [1.29, 1.82) is 0 Å². The largest absolute Gasteiger partial charge is 0.381 e. The SMILES string of the molecule is CC(C)(C(=O)C(O)c1cccc2ccccc12)C1OCCO1. The van der Waals surface area contributed by atoms with Crippen LogP contribution in [0.4, 0.5) is 0 Å². The zero-order valence-electron chi connectivity index (χ0n) is 12.8. The number of fused-ring (bicyclic) bond motifs is 1. The van der Waals surface area contributed by atoms with Gasteiger partial charge in [-0.2, -0.15) is 0 Å². The van der Waals surface area contributed by atoms with Gasteiger partial charge in [0.2, 0.25) is 0 Å². The Morgan fingerprint density at radius 3 is 2.50 bits per heavy atom. The molecule has 4 nitrogen and oxygen atoms in total. The van der Waals surface area contributed by atoms with Crippen molar-refractivity contribution in [3.05, 3.63) is 48.0 Å². The van der Waals surface area contributed by atoms with Crippen LogP contribution in [-0.4, -0.2) is 30.4 Å². The van der Waals surface area contributed by atoms with Gasteiger partial charge in [0.1, 0.15) is 6.10 Å². The number of benzene rings is 2. The maximum Gasteiger partial charge on any atom is 0.176 e. The van der Waals surface area contributed by atoms with Crippen molar-refractivity contribution >= 4 is 16.6 Å². The Kier molecular flexibility index (Phi) is 4.00. The van der Waals surface area contributed by atoms with E-state index in [0.29, 0.717) is 18.8 Å². The maximum atomic E-state index is 12.8. The molecule has 0 radical (unpaired) electrons. The topological polar surface area (TPSA) is 55.8 Å². The molecule has 0 aliphatic carbocycles. The van der Waals surface area contributed by atoms with Crippen molar-refractivity contribution in [1.82, 2.24) is 0 Å². The lowest BCUT2D eigenvalue weighted by Gasteiger charge is -2.30. The minimum atomic E-state index is -1.20. The van der Waals surface area contributed by atoms with Gasteiger partial charge in [0.25, 0.3) is 0 Å². The standard InChI is InChI=1S/C18H20O4/c1-18(2,17-21-10-11-22-17)16(20)15(19)14-9-5-7-12-6-3-4-8-13(12)14/h3-9,15,17,19H,10-11H2,1-2H3. The van der Waals surface area contributed by atoms with Gasteiger partial charge >= 0.3 is 0 Å². The summed E-state index contributed by atoms with van der Waals surface area (Å²) in [6, 6.07) is 13.3. The Hall–Kier alpha value is -1.75. The Morgan fingerprint density at radius 1 is 1.14 bits per heavy atom. The number of aliphatic hydroxyl groups excluding tert-OH is 1. The number of carbonyl (C=O) groups is 1. The van der Waals surface area contributed by atoms with E-state index in [9.17, 15) is 9.90 Å². The van der Waals surface area contributed by atoms with Gasteiger partial charge in [-0.05, 0) is 30.2 Å². The first-order chi connectivity index (χ1) is 10.5. The van der Waals surface area contributed by atoms with Crippen LogP contribution in [0.3, 0.4) is 0 Å². The molecular weight excluding hydrogens is 280 g/mol. The number of hydrogen-bond acceptors (Lipinski definition) is 4. The van der Waals surface area contributed by atoms with Crippen molar-refractivity contribution in [3.8, 4) is 0 Å². The number of Topliss-reactive ketones (excluding diaryl/α,β-unsaturated/α-hetero) is 1. The van der Waals surface area contributed by atoms with Crippen LogP contribution < -0.4 is 0 Å². The molecule has 1 aliphatic heterocycles. The third-order valence-electron chi connectivity index (χ3n) is 4.21. The highest BCUT2D eigenvalue weighted by molar-refractivity contribution is 5.95. The molecule has 0 saturated carbocycles. The summed E-state index contributed by atoms with van der Waals surface area (Å²) in [6.07, 6.45) is -1.81. The summed E-state index contributed by atoms with van der Waals surface area (Å²) >= 11 is 0. The highest BCUT2D eigenvalue weighted by atomic mass is 16.7. The number of aliphatic hydroxyl groups is 1. The molecule has 0 aromatic heterocycles. The number of ether oxygens (including phenoxy) is 2. The molecule has 22 heavy (non-hydrogen) atoms. The summed E-state index contributed by atoms with van der Waals surface area (Å²) in [4.78, 5) is 12.8. The zero-order valence-corrected chi connectivity index (χ0v) is 12.8. The average Bonchev–Trinajstić information content (AvgIpc) is 3.08. The molecule has 3 rings (SSSR count). The lowest BCUT2D eigenvalue weighted by molar-refractivity contribution is -0.163. The molecule has 0 bridgehead atoms. The highest BCUT2D eigenvalue weighted by Crippen LogP contribution is 2.35. The van der Waals surface area contributed by atoms with Crippen molar-refractivity contribution in [2.24, 2.45) is 5.41 Å². The molecule has 1 N–H and O–H groups in total. The first-order valence-electron chi connectivity index (χ1n) is 7.45. The Morgan fingerprint density at radius 2 is 1.77 bits per heavy atom. The van der Waals surface area contributed by atoms with Crippen molar-refractivity contribution in [3.63, 3.8) is 0 Å². The van der Waals surface area contributed by atoms with Gasteiger partial charge in [-0.1, -0.05) is 42.5 Å². The summed E-state index contributed by atoms with van der Waals surface area (Å²) in [6.45, 7) is 4.46. The van der Waals surface area contributed by atoms with E-state index in [1.165, 1.54) is 0 Å². The van der Waals surface area contributed by atoms with Crippen LogP contribution in [0.5, 0.6) is 0 Å². The molecule has 2 aromatic rings. The molecule has 0 spiro atoms. The second-order valence-corrected chi connectivity index (χ2v) is 6.13. The fourth-order valence-corrected chi connectivity index (χ4v) is 2.87. The van der Waals surface area contributed by atoms with Crippen LogP contribution in [-0.2, 0) is 14.3 Å². The summed E-state index contributed by atoms with van der Waals surface area (Å²) in [5.74, 6) is -0.296. The molecule has 1 fully saturated rings. The van der Waals surface area contributed by atoms with Gasteiger partial charge in [-0.25, -0.2) is 0 Å². The van der Waals surface area contributed by atoms with E-state index in [2.05, 4.69) is 0 Å². The minimum absolute atomic E-state index is 0.296. The predicted molar refractivity (Wildman–Crippen MR) is 83.4 cm³/mol. The zero-order chi connectivity index (χ0) is 15.7. The van der Waals surface area contributed by atoms with Gasteiger partial charge in [-0.3, -0.25) is 4.79 Å². The van der Waals surface area contributed by atoms with Crippen LogP contribution >= 0.6 is 0 Å². The fraction of sp³-hybridized carbons (Fsp3) is 0.389. The quantitative estimate of drug-likeness (QED) is 0.943. The lowest BCUT2D eigenvalue weighted by Crippen LogP contribution is -2.40. The predicted octanol–water partition coefficient (Wildman–Crippen LogP) is 2.84. The van der Waals surface area contributed by atoms with Crippen molar-refractivity contribution < 1.29 is 19.4 Å². The monoisotopic (exact) mass is 300 g/mol. The molecule has 1 aliphatic rings. The Labute approximate surface area is 129 Å². The van der Waals surface area contributed by atoms with Crippen molar-refractivity contribution in [2.45, 2.75) is 26.2 Å². The fourth-order valence-electron chi connectivity index (χ4n) is 2.87. The summed E-state index contributed by atoms with van der Waals surface area (Å²) in [5, 5.41) is 12.5. The average molecular weight is 300 g/mol. The molecule has 1 saturated heterocycles. The van der Waals surface area contributed by atoms with Gasteiger partial charge in [0, 0.05) is 0 Å². The van der Waals surface area contributed by atoms with Crippen LogP contribution in [0.15, 0.2) is 42.5 Å². The van der Waals surface area contributed by atoms with Crippen LogP contribution in [0.2, 0.25) is 0 Å². The van der Waals surface area contributed by atoms with Gasteiger partial charge < -0.3 is 14.6 Å². The first-order valence-corrected chi connectivity index (χ1v) is 7.45. The maximum absolute atomic E-state index is 12.8. The minimum Gasteiger partial charge on any atom is -0.381 e. The van der Waals surface area contributed by atoms with E-state index in [1.54, 1.807) is 19.9 Å². The van der Waals surface area contributed by atoms with E-state index < -0.39 is 17.8 Å². The molecular formula is C18H20O4. The van der Waals surface area contributed by atoms with E-state index in [4.69, 9.17) is 9.47 Å². The molecule has 2 aromatic carbocycles. The second kappa shape index (κ2) is 5.80. The molecule has 1 atom stereocenters. The molecule has 1 heterocycles. The third-order valence-corrected chi connectivity index (χ3v) is 4.21. The number of ketones is 1. The van der Waals surface area contributed by atoms with E-state index >= 15 is 0 Å². The van der Waals surface area contributed by atoms with Gasteiger partial charge in [-0.15, -0.1) is 0 Å². The number of hydrogen-bond donors (Lipinski definition) is 1. The lowest BCUT2D eigenvalue weighted by atomic mass is 9.81. The smallest absolute Gasteiger partial charge is 0.176 e. The van der Waals surface area contributed by atoms with E-state index in [1.807, 2.05) is 36.4 Å². The molecule has 4 heteroatoms. The van der Waals surface area contributed by atoms with Crippen LogP contribution in [0.25, 0.3) is 10.8 Å². The molecule has 0 amide bonds. The number of carbonyl (C=O) groups excluding carboxylic acids is 1. The third kappa shape index (κ3) is 2.54. The molecule has 1 unspecified atom stereocenters. The van der Waals surface area contributed by atoms with Gasteiger partial charge in [0.15, 0.2) is 12.1 Å². The number of rotatable bonds is 4. The van der Waals surface area contributed by atoms with E-state index in [0.717, 1.165) is 10.8 Å². The van der Waals surface area contributed by atoms with Crippen LogP contribution in [0, 0.1) is 5.41 Å². The van der Waals surface area contributed by atoms with Crippen LogP contribution in [0.1, 0.15) is 25.5 Å². The van der Waals surface area contributed by atoms with Gasteiger partial charge in [0.05, 0.1) is 18.6 Å². The normalized spacial score (nSPS) is 17.8. The Balaban J connectivity index is 1.95. The summed E-state index contributed by atoms with van der Waals surface area (Å²) in [5.41, 5.74) is -0.290. The van der Waals surface area contributed by atoms with E-state index in [-0.39, 0.29) is 5.78 Å². The molecule has 116 valence electrons. The van der Waals surface area contributed by atoms with Crippen molar-refractivity contribution in [2.75, 3.05) is 13.2 Å². The second-order valence-electron chi connectivity index (χ2n) is 6.13.